The van der Waals surface area contributed by atoms with E-state index in [1.54, 1.807) is 23.7 Å². The van der Waals surface area contributed by atoms with Gasteiger partial charge in [-0.2, -0.15) is 0 Å². The van der Waals surface area contributed by atoms with Crippen LogP contribution >= 0.6 is 0 Å². The van der Waals surface area contributed by atoms with E-state index >= 15 is 0 Å². The zero-order valence-corrected chi connectivity index (χ0v) is 14.1. The van der Waals surface area contributed by atoms with Gasteiger partial charge in [-0.05, 0) is 24.3 Å². The summed E-state index contributed by atoms with van der Waals surface area (Å²) >= 11 is 0. The molecule has 130 valence electrons. The second kappa shape index (κ2) is 6.03. The van der Waals surface area contributed by atoms with E-state index in [4.69, 9.17) is 13.9 Å². The number of aliphatic imine (C=N–C) groups is 1. The molecule has 0 aliphatic carbocycles. The lowest BCUT2D eigenvalue weighted by Crippen LogP contribution is -2.06. The average molecular weight is 350 g/mol. The minimum absolute atomic E-state index is 0.149. The first-order valence-corrected chi connectivity index (χ1v) is 7.82. The SMILES string of the molecule is COC(=O)c1cc2cc(/C=C3/N=C(c4ccccc4)OC3=O)oc2n1C. The van der Waals surface area contributed by atoms with Gasteiger partial charge in [0.2, 0.25) is 11.6 Å². The van der Waals surface area contributed by atoms with Crippen LogP contribution in [-0.2, 0) is 21.3 Å². The number of aromatic nitrogens is 1. The molecule has 0 bridgehead atoms. The fourth-order valence-corrected chi connectivity index (χ4v) is 2.75. The van der Waals surface area contributed by atoms with Gasteiger partial charge in [0.25, 0.3) is 0 Å². The standard InChI is InChI=1S/C19H14N2O5/c1-21-15(19(23)24-2)9-12-8-13(25-17(12)21)10-14-18(22)26-16(20-14)11-6-4-3-5-7-11/h3-10H,1-2H3/b14-10+. The van der Waals surface area contributed by atoms with Crippen molar-refractivity contribution in [1.82, 2.24) is 4.57 Å². The van der Waals surface area contributed by atoms with Crippen LogP contribution < -0.4 is 0 Å². The third kappa shape index (κ3) is 2.59. The Morgan fingerprint density at radius 1 is 1.23 bits per heavy atom. The van der Waals surface area contributed by atoms with Crippen LogP contribution in [0, 0.1) is 0 Å². The summed E-state index contributed by atoms with van der Waals surface area (Å²) in [5, 5.41) is 0.721. The van der Waals surface area contributed by atoms with E-state index in [0.29, 0.717) is 17.2 Å². The summed E-state index contributed by atoms with van der Waals surface area (Å²) in [6.45, 7) is 0. The molecule has 1 aromatic carbocycles. The number of hydrogen-bond acceptors (Lipinski definition) is 6. The normalized spacial score (nSPS) is 15.4. The zero-order chi connectivity index (χ0) is 18.3. The molecule has 0 unspecified atom stereocenters. The Labute approximate surface area is 148 Å². The number of nitrogens with zero attached hydrogens (tertiary/aromatic N) is 2. The van der Waals surface area contributed by atoms with Crippen molar-refractivity contribution in [3.05, 3.63) is 65.2 Å². The number of carbonyl (C=O) groups excluding carboxylic acids is 2. The number of fused-ring (bicyclic) bond motifs is 1. The molecule has 4 rings (SSSR count). The largest absolute Gasteiger partial charge is 0.464 e. The number of furan rings is 1. The number of rotatable bonds is 3. The Morgan fingerprint density at radius 3 is 2.69 bits per heavy atom. The van der Waals surface area contributed by atoms with Gasteiger partial charge in [0.05, 0.1) is 7.11 Å². The van der Waals surface area contributed by atoms with Crippen molar-refractivity contribution < 1.29 is 23.5 Å². The quantitative estimate of drug-likeness (QED) is 0.536. The molecule has 3 heterocycles. The summed E-state index contributed by atoms with van der Waals surface area (Å²) in [7, 11) is 3.02. The summed E-state index contributed by atoms with van der Waals surface area (Å²) < 4.78 is 17.3. The Kier molecular flexibility index (Phi) is 3.69. The maximum absolute atomic E-state index is 12.1. The van der Waals surface area contributed by atoms with Crippen LogP contribution in [-0.4, -0.2) is 29.5 Å². The molecule has 1 aliphatic heterocycles. The summed E-state index contributed by atoms with van der Waals surface area (Å²) in [5.41, 5.74) is 1.74. The molecule has 0 saturated heterocycles. The summed E-state index contributed by atoms with van der Waals surface area (Å²) in [6.07, 6.45) is 1.51. The molecule has 7 heteroatoms. The monoisotopic (exact) mass is 350 g/mol. The van der Waals surface area contributed by atoms with Gasteiger partial charge in [-0.1, -0.05) is 18.2 Å². The van der Waals surface area contributed by atoms with Crippen LogP contribution in [0.2, 0.25) is 0 Å². The molecular formula is C19H14N2O5. The number of ether oxygens (including phenoxy) is 2. The van der Waals surface area contributed by atoms with E-state index in [-0.39, 0.29) is 11.6 Å². The Balaban J connectivity index is 1.69. The zero-order valence-electron chi connectivity index (χ0n) is 14.1. The smallest absolute Gasteiger partial charge is 0.363 e. The van der Waals surface area contributed by atoms with Crippen LogP contribution in [0.25, 0.3) is 17.2 Å². The first-order valence-electron chi connectivity index (χ1n) is 7.82. The third-order valence-electron chi connectivity index (χ3n) is 4.03. The highest BCUT2D eigenvalue weighted by Crippen LogP contribution is 2.26. The minimum atomic E-state index is -0.542. The van der Waals surface area contributed by atoms with Gasteiger partial charge in [0.1, 0.15) is 11.5 Å². The molecule has 0 atom stereocenters. The summed E-state index contributed by atoms with van der Waals surface area (Å²) in [6, 6.07) is 12.6. The van der Waals surface area contributed by atoms with Crippen molar-refractivity contribution >= 4 is 35.0 Å². The Hall–Kier alpha value is -3.61. The van der Waals surface area contributed by atoms with E-state index in [1.807, 2.05) is 30.3 Å². The van der Waals surface area contributed by atoms with Gasteiger partial charge < -0.3 is 18.5 Å². The molecule has 1 aliphatic rings. The maximum atomic E-state index is 12.1. The van der Waals surface area contributed by atoms with Crippen molar-refractivity contribution in [3.63, 3.8) is 0 Å². The topological polar surface area (TPSA) is 83.0 Å². The lowest BCUT2D eigenvalue weighted by Gasteiger charge is -2.00. The number of methoxy groups -OCH3 is 1. The van der Waals surface area contributed by atoms with Gasteiger partial charge in [-0.3, -0.25) is 0 Å². The number of carbonyl (C=O) groups is 2. The molecule has 0 fully saturated rings. The van der Waals surface area contributed by atoms with Crippen LogP contribution in [0.3, 0.4) is 0 Å². The number of cyclic esters (lactones) is 1. The van der Waals surface area contributed by atoms with Crippen LogP contribution in [0.1, 0.15) is 21.8 Å². The van der Waals surface area contributed by atoms with Crippen molar-refractivity contribution in [2.45, 2.75) is 0 Å². The highest BCUT2D eigenvalue weighted by atomic mass is 16.6. The Bertz CT molecular complexity index is 1090. The fourth-order valence-electron chi connectivity index (χ4n) is 2.75. The third-order valence-corrected chi connectivity index (χ3v) is 4.03. The summed E-state index contributed by atoms with van der Waals surface area (Å²) in [4.78, 5) is 28.0. The average Bonchev–Trinajstić information content (AvgIpc) is 3.31. The second-order valence-corrected chi connectivity index (χ2v) is 5.69. The van der Waals surface area contributed by atoms with Crippen LogP contribution in [0.15, 0.2) is 57.6 Å². The molecule has 7 nitrogen and oxygen atoms in total. The summed E-state index contributed by atoms with van der Waals surface area (Å²) in [5.74, 6) is -0.298. The van der Waals surface area contributed by atoms with Gasteiger partial charge in [0, 0.05) is 24.1 Å². The Morgan fingerprint density at radius 2 is 2.00 bits per heavy atom. The van der Waals surface area contributed by atoms with E-state index in [1.165, 1.54) is 13.2 Å². The molecule has 3 aromatic rings. The van der Waals surface area contributed by atoms with Crippen LogP contribution in [0.4, 0.5) is 0 Å². The molecule has 0 spiro atoms. The van der Waals surface area contributed by atoms with Crippen molar-refractivity contribution in [2.24, 2.45) is 12.0 Å². The lowest BCUT2D eigenvalue weighted by molar-refractivity contribution is -0.129. The van der Waals surface area contributed by atoms with Crippen LogP contribution in [0.5, 0.6) is 0 Å². The molecular weight excluding hydrogens is 336 g/mol. The van der Waals surface area contributed by atoms with Gasteiger partial charge >= 0.3 is 11.9 Å². The minimum Gasteiger partial charge on any atom is -0.464 e. The first-order chi connectivity index (χ1) is 12.6. The second-order valence-electron chi connectivity index (χ2n) is 5.69. The molecule has 0 N–H and O–H groups in total. The number of hydrogen-bond donors (Lipinski definition) is 0. The van der Waals surface area contributed by atoms with Crippen molar-refractivity contribution in [2.75, 3.05) is 7.11 Å². The van der Waals surface area contributed by atoms with E-state index in [0.717, 1.165) is 10.9 Å². The number of aryl methyl sites for hydroxylation is 1. The number of esters is 2. The molecule has 26 heavy (non-hydrogen) atoms. The lowest BCUT2D eigenvalue weighted by atomic mass is 10.2. The van der Waals surface area contributed by atoms with E-state index in [2.05, 4.69) is 4.99 Å². The molecule has 0 radical (unpaired) electrons. The van der Waals surface area contributed by atoms with Crippen molar-refractivity contribution in [3.8, 4) is 0 Å². The van der Waals surface area contributed by atoms with Gasteiger partial charge in [-0.25, -0.2) is 14.6 Å². The molecule has 2 aromatic heterocycles. The molecule has 0 amide bonds. The van der Waals surface area contributed by atoms with E-state index < -0.39 is 11.9 Å². The fraction of sp³-hybridized carbons (Fsp3) is 0.105. The number of benzene rings is 1. The predicted octanol–water partition coefficient (Wildman–Crippen LogP) is 2.90. The van der Waals surface area contributed by atoms with E-state index in [9.17, 15) is 9.59 Å². The predicted molar refractivity (Wildman–Crippen MR) is 93.6 cm³/mol. The molecule has 0 saturated carbocycles. The first kappa shape index (κ1) is 15.9. The highest BCUT2D eigenvalue weighted by molar-refractivity contribution is 6.12. The van der Waals surface area contributed by atoms with Crippen molar-refractivity contribution in [1.29, 1.82) is 0 Å². The van der Waals surface area contributed by atoms with Gasteiger partial charge in [-0.15, -0.1) is 0 Å². The highest BCUT2D eigenvalue weighted by Gasteiger charge is 2.25. The van der Waals surface area contributed by atoms with Gasteiger partial charge in [0.15, 0.2) is 5.70 Å². The maximum Gasteiger partial charge on any atom is 0.363 e.